The molecule has 3 aliphatic rings. The van der Waals surface area contributed by atoms with Crippen LogP contribution in [0.3, 0.4) is 0 Å². The average Bonchev–Trinajstić information content (AvgIpc) is 3.21. The Labute approximate surface area is 134 Å². The second kappa shape index (κ2) is 5.18. The maximum absolute atomic E-state index is 12.7. The van der Waals surface area contributed by atoms with Gasteiger partial charge in [-0.2, -0.15) is 0 Å². The molecule has 0 N–H and O–H groups in total. The van der Waals surface area contributed by atoms with Crippen molar-refractivity contribution in [1.29, 1.82) is 0 Å². The summed E-state index contributed by atoms with van der Waals surface area (Å²) < 4.78 is 0. The second-order valence-electron chi connectivity index (χ2n) is 6.96. The van der Waals surface area contributed by atoms with E-state index in [1.54, 1.807) is 12.1 Å². The number of likely N-dealkylation sites (tertiary alicyclic amines) is 1. The lowest BCUT2D eigenvalue weighted by atomic mass is 9.81. The van der Waals surface area contributed by atoms with Crippen LogP contribution in [0.5, 0.6) is 0 Å². The predicted octanol–water partition coefficient (Wildman–Crippen LogP) is 0.379. The Morgan fingerprint density at radius 2 is 1.65 bits per heavy atom. The van der Waals surface area contributed by atoms with Crippen LogP contribution >= 0.6 is 0 Å². The molecule has 3 fully saturated rings. The molecular weight excluding hydrogens is 294 g/mol. The van der Waals surface area contributed by atoms with Crippen molar-refractivity contribution in [2.75, 3.05) is 0 Å². The number of carbonyl (C=O) groups excluding carboxylic acids is 3. The van der Waals surface area contributed by atoms with E-state index in [1.807, 2.05) is 18.2 Å². The molecule has 1 aromatic carbocycles. The van der Waals surface area contributed by atoms with Gasteiger partial charge in [-0.3, -0.25) is 14.5 Å². The summed E-state index contributed by atoms with van der Waals surface area (Å²) in [5, 5.41) is 11.6. The number of rotatable bonds is 4. The SMILES string of the molecule is O=C([O-])[C@H](Cc1ccccc1)N1C(=O)[C@H]2[C@@H]3CC[C@@H](C3)[C@@H]2C1=O. The summed E-state index contributed by atoms with van der Waals surface area (Å²) >= 11 is 0. The third-order valence-corrected chi connectivity index (χ3v) is 5.82. The van der Waals surface area contributed by atoms with Crippen molar-refractivity contribution in [3.8, 4) is 0 Å². The third kappa shape index (κ3) is 2.10. The van der Waals surface area contributed by atoms with Crippen LogP contribution in [0.15, 0.2) is 30.3 Å². The Balaban J connectivity index is 1.63. The Hall–Kier alpha value is -2.17. The quantitative estimate of drug-likeness (QED) is 0.753. The summed E-state index contributed by atoms with van der Waals surface area (Å²) in [4.78, 5) is 38.1. The molecule has 5 atom stereocenters. The lowest BCUT2D eigenvalue weighted by Gasteiger charge is -2.28. The molecule has 0 unspecified atom stereocenters. The van der Waals surface area contributed by atoms with Crippen molar-refractivity contribution in [3.63, 3.8) is 0 Å². The van der Waals surface area contributed by atoms with E-state index in [0.717, 1.165) is 29.7 Å². The van der Waals surface area contributed by atoms with E-state index in [0.29, 0.717) is 0 Å². The van der Waals surface area contributed by atoms with E-state index in [-0.39, 0.29) is 41.9 Å². The molecule has 0 aromatic heterocycles. The highest BCUT2D eigenvalue weighted by Gasteiger charge is 2.61. The van der Waals surface area contributed by atoms with Crippen molar-refractivity contribution >= 4 is 17.8 Å². The van der Waals surface area contributed by atoms with Crippen LogP contribution in [0.1, 0.15) is 24.8 Å². The molecule has 2 aliphatic carbocycles. The summed E-state index contributed by atoms with van der Waals surface area (Å²) in [7, 11) is 0. The van der Waals surface area contributed by atoms with Crippen molar-refractivity contribution in [2.45, 2.75) is 31.7 Å². The van der Waals surface area contributed by atoms with E-state index >= 15 is 0 Å². The van der Waals surface area contributed by atoms with Gasteiger partial charge >= 0.3 is 0 Å². The van der Waals surface area contributed by atoms with Gasteiger partial charge in [0, 0.05) is 0 Å². The van der Waals surface area contributed by atoms with Crippen LogP contribution in [0.4, 0.5) is 0 Å². The minimum atomic E-state index is -1.36. The number of amides is 2. The molecule has 5 nitrogen and oxygen atoms in total. The normalized spacial score (nSPS) is 33.1. The van der Waals surface area contributed by atoms with E-state index in [2.05, 4.69) is 0 Å². The van der Waals surface area contributed by atoms with E-state index in [1.165, 1.54) is 0 Å². The Bertz CT molecular complexity index is 643. The number of nitrogens with zero attached hydrogens (tertiary/aromatic N) is 1. The molecule has 120 valence electrons. The molecule has 23 heavy (non-hydrogen) atoms. The fourth-order valence-electron chi connectivity index (χ4n) is 4.86. The van der Waals surface area contributed by atoms with Crippen molar-refractivity contribution in [2.24, 2.45) is 23.7 Å². The van der Waals surface area contributed by atoms with Gasteiger partial charge in [0.25, 0.3) is 0 Å². The van der Waals surface area contributed by atoms with Crippen molar-refractivity contribution < 1.29 is 19.5 Å². The zero-order chi connectivity index (χ0) is 16.1. The van der Waals surface area contributed by atoms with E-state index < -0.39 is 12.0 Å². The molecule has 4 rings (SSSR count). The summed E-state index contributed by atoms with van der Waals surface area (Å²) in [6.45, 7) is 0. The first-order valence-electron chi connectivity index (χ1n) is 8.19. The first kappa shape index (κ1) is 14.4. The maximum atomic E-state index is 12.7. The number of aliphatic carboxylic acids is 1. The summed E-state index contributed by atoms with van der Waals surface area (Å²) in [5.41, 5.74) is 0.780. The van der Waals surface area contributed by atoms with Gasteiger partial charge in [-0.05, 0) is 43.1 Å². The predicted molar refractivity (Wildman–Crippen MR) is 78.6 cm³/mol. The average molecular weight is 312 g/mol. The lowest BCUT2D eigenvalue weighted by Crippen LogP contribution is -2.52. The zero-order valence-corrected chi connectivity index (χ0v) is 12.7. The Kier molecular flexibility index (Phi) is 3.25. The zero-order valence-electron chi connectivity index (χ0n) is 12.7. The lowest BCUT2D eigenvalue weighted by molar-refractivity contribution is -0.310. The third-order valence-electron chi connectivity index (χ3n) is 5.82. The molecule has 1 saturated heterocycles. The van der Waals surface area contributed by atoms with Gasteiger partial charge in [-0.25, -0.2) is 0 Å². The van der Waals surface area contributed by atoms with Crippen LogP contribution in [0.25, 0.3) is 0 Å². The van der Waals surface area contributed by atoms with E-state index in [9.17, 15) is 19.5 Å². The van der Waals surface area contributed by atoms with Gasteiger partial charge in [0.1, 0.15) is 0 Å². The van der Waals surface area contributed by atoms with Crippen LogP contribution in [0.2, 0.25) is 0 Å². The van der Waals surface area contributed by atoms with Gasteiger partial charge in [0.05, 0.1) is 23.8 Å². The molecular formula is C18H18NO4-. The van der Waals surface area contributed by atoms with Crippen molar-refractivity contribution in [3.05, 3.63) is 35.9 Å². The second-order valence-corrected chi connectivity index (χ2v) is 6.96. The van der Waals surface area contributed by atoms with E-state index in [4.69, 9.17) is 0 Å². The molecule has 0 spiro atoms. The highest BCUT2D eigenvalue weighted by atomic mass is 16.4. The number of hydrogen-bond donors (Lipinski definition) is 0. The number of benzene rings is 1. The highest BCUT2D eigenvalue weighted by Crippen LogP contribution is 2.56. The van der Waals surface area contributed by atoms with Gasteiger partial charge in [-0.15, -0.1) is 0 Å². The maximum Gasteiger partial charge on any atom is 0.234 e. The summed E-state index contributed by atoms with van der Waals surface area (Å²) in [5.74, 6) is -2.02. The topological polar surface area (TPSA) is 77.5 Å². The Morgan fingerprint density at radius 1 is 1.09 bits per heavy atom. The van der Waals surface area contributed by atoms with Crippen LogP contribution in [-0.4, -0.2) is 28.7 Å². The van der Waals surface area contributed by atoms with Crippen molar-refractivity contribution in [1.82, 2.24) is 4.90 Å². The fourth-order valence-corrected chi connectivity index (χ4v) is 4.86. The first-order chi connectivity index (χ1) is 11.1. The molecule has 2 bridgehead atoms. The largest absolute Gasteiger partial charge is 0.548 e. The Morgan fingerprint density at radius 3 is 2.17 bits per heavy atom. The van der Waals surface area contributed by atoms with Crippen LogP contribution < -0.4 is 5.11 Å². The van der Waals surface area contributed by atoms with Crippen LogP contribution in [0, 0.1) is 23.7 Å². The monoisotopic (exact) mass is 312 g/mol. The number of hydrogen-bond acceptors (Lipinski definition) is 4. The molecule has 1 aliphatic heterocycles. The standard InChI is InChI=1S/C18H19NO4/c20-16-14-11-6-7-12(9-11)15(14)17(21)19(16)13(18(22)23)8-10-4-2-1-3-5-10/h1-5,11-15H,6-9H2,(H,22,23)/p-1/t11-,12+,13-,14-,15-/m0/s1. The number of carboxylic acid groups (broad SMARTS) is 1. The smallest absolute Gasteiger partial charge is 0.234 e. The molecule has 2 saturated carbocycles. The fraction of sp³-hybridized carbons (Fsp3) is 0.500. The van der Waals surface area contributed by atoms with Gasteiger partial charge in [-0.1, -0.05) is 30.3 Å². The number of imide groups is 1. The molecule has 5 heteroatoms. The minimum Gasteiger partial charge on any atom is -0.548 e. The van der Waals surface area contributed by atoms with Crippen LogP contribution in [-0.2, 0) is 20.8 Å². The number of carboxylic acids is 1. The molecule has 1 heterocycles. The highest BCUT2D eigenvalue weighted by molar-refractivity contribution is 6.08. The molecule has 1 aromatic rings. The summed E-state index contributed by atoms with van der Waals surface area (Å²) in [6.07, 6.45) is 3.01. The number of carbonyl (C=O) groups is 3. The molecule has 2 amide bonds. The first-order valence-corrected chi connectivity index (χ1v) is 8.19. The van der Waals surface area contributed by atoms with Gasteiger partial charge < -0.3 is 9.90 Å². The molecule has 0 radical (unpaired) electrons. The minimum absolute atomic E-state index is 0.107. The van der Waals surface area contributed by atoms with Gasteiger partial charge in [0.2, 0.25) is 11.8 Å². The van der Waals surface area contributed by atoms with Gasteiger partial charge in [0.15, 0.2) is 0 Å². The number of fused-ring (bicyclic) bond motifs is 5. The summed E-state index contributed by atoms with van der Waals surface area (Å²) in [6, 6.07) is 7.85.